The first-order valence-electron chi connectivity index (χ1n) is 7.11. The van der Waals surface area contributed by atoms with Crippen LogP contribution in [0.2, 0.25) is 0 Å². The molecule has 2 nitrogen and oxygen atoms in total. The molecule has 0 saturated carbocycles. The van der Waals surface area contributed by atoms with Crippen LogP contribution in [0.3, 0.4) is 0 Å². The monoisotopic (exact) mass is 377 g/mol. The molecule has 2 rings (SSSR count). The van der Waals surface area contributed by atoms with Crippen molar-refractivity contribution >= 4 is 6.41 Å². The van der Waals surface area contributed by atoms with E-state index in [0.29, 0.717) is 24.1 Å². The van der Waals surface area contributed by atoms with E-state index < -0.39 is 23.5 Å². The van der Waals surface area contributed by atoms with Crippen molar-refractivity contribution in [3.63, 3.8) is 0 Å². The molecule has 142 valence electrons. The van der Waals surface area contributed by atoms with Crippen LogP contribution in [-0.2, 0) is 30.2 Å². The fraction of sp³-hybridized carbons (Fsp3) is 0.278. The minimum atomic E-state index is -4.92. The van der Waals surface area contributed by atoms with Crippen LogP contribution < -0.4 is 0 Å². The Morgan fingerprint density at radius 3 is 1.65 bits per heavy atom. The first-order chi connectivity index (χ1) is 11.6. The molecule has 26 heavy (non-hydrogen) atoms. The van der Waals surface area contributed by atoms with Crippen LogP contribution in [-0.4, -0.2) is 11.3 Å². The summed E-state index contributed by atoms with van der Waals surface area (Å²) in [5.41, 5.74) is -2.34. The molecule has 0 spiro atoms. The van der Waals surface area contributed by atoms with Crippen LogP contribution in [0, 0.1) is 0 Å². The first kappa shape index (κ1) is 21.5. The Balaban J connectivity index is 0.00000338. The number of rotatable bonds is 5. The van der Waals surface area contributed by atoms with Crippen molar-refractivity contribution < 1.29 is 31.1 Å². The SMILES string of the molecule is C.O=CN(Cc1ccccc1)Cc1cc(C(F)(F)F)cc(C(F)(F)F)c1. The molecule has 0 radical (unpaired) electrons. The van der Waals surface area contributed by atoms with Crippen LogP contribution in [0.15, 0.2) is 48.5 Å². The van der Waals surface area contributed by atoms with Crippen molar-refractivity contribution in [1.82, 2.24) is 4.90 Å². The van der Waals surface area contributed by atoms with Crippen LogP contribution >= 0.6 is 0 Å². The Labute approximate surface area is 147 Å². The van der Waals surface area contributed by atoms with Crippen molar-refractivity contribution in [3.8, 4) is 0 Å². The third kappa shape index (κ3) is 5.79. The molecule has 0 unspecified atom stereocenters. The van der Waals surface area contributed by atoms with E-state index in [9.17, 15) is 31.1 Å². The lowest BCUT2D eigenvalue weighted by atomic mass is 10.0. The van der Waals surface area contributed by atoms with Crippen LogP contribution in [0.1, 0.15) is 29.7 Å². The predicted molar refractivity (Wildman–Crippen MR) is 84.9 cm³/mol. The topological polar surface area (TPSA) is 20.3 Å². The van der Waals surface area contributed by atoms with Gasteiger partial charge in [0.25, 0.3) is 0 Å². The minimum Gasteiger partial charge on any atom is -0.337 e. The van der Waals surface area contributed by atoms with Crippen LogP contribution in [0.5, 0.6) is 0 Å². The number of benzene rings is 2. The summed E-state index contributed by atoms with van der Waals surface area (Å²) in [5.74, 6) is 0. The van der Waals surface area contributed by atoms with E-state index in [1.807, 2.05) is 0 Å². The summed E-state index contributed by atoms with van der Waals surface area (Å²) >= 11 is 0. The maximum atomic E-state index is 12.9. The second-order valence-electron chi connectivity index (χ2n) is 5.41. The van der Waals surface area contributed by atoms with E-state index in [4.69, 9.17) is 0 Å². The summed E-state index contributed by atoms with van der Waals surface area (Å²) in [7, 11) is 0. The zero-order valence-electron chi connectivity index (χ0n) is 12.7. The second-order valence-corrected chi connectivity index (χ2v) is 5.41. The fourth-order valence-corrected chi connectivity index (χ4v) is 2.29. The Hall–Kier alpha value is -2.51. The van der Waals surface area contributed by atoms with Gasteiger partial charge < -0.3 is 4.90 Å². The van der Waals surface area contributed by atoms with Gasteiger partial charge in [-0.2, -0.15) is 26.3 Å². The van der Waals surface area contributed by atoms with Gasteiger partial charge in [-0.1, -0.05) is 37.8 Å². The van der Waals surface area contributed by atoms with Crippen LogP contribution in [0.25, 0.3) is 0 Å². The quantitative estimate of drug-likeness (QED) is 0.496. The summed E-state index contributed by atoms with van der Waals surface area (Å²) in [6.07, 6.45) is -9.44. The lowest BCUT2D eigenvalue weighted by Gasteiger charge is -2.20. The van der Waals surface area contributed by atoms with Gasteiger partial charge in [-0.3, -0.25) is 4.79 Å². The molecular weight excluding hydrogens is 360 g/mol. The number of hydrogen-bond donors (Lipinski definition) is 0. The predicted octanol–water partition coefficient (Wildman–Crippen LogP) is 5.52. The van der Waals surface area contributed by atoms with E-state index in [1.54, 1.807) is 30.3 Å². The molecule has 0 atom stereocenters. The number of hydrogen-bond acceptors (Lipinski definition) is 1. The molecule has 0 fully saturated rings. The number of carbonyl (C=O) groups excluding carboxylic acids is 1. The summed E-state index contributed by atoms with van der Waals surface area (Å²) in [6.45, 7) is -0.298. The van der Waals surface area contributed by atoms with Gasteiger partial charge in [0.1, 0.15) is 0 Å². The summed E-state index contributed by atoms with van der Waals surface area (Å²) in [4.78, 5) is 12.3. The molecule has 0 saturated heterocycles. The maximum Gasteiger partial charge on any atom is 0.416 e. The zero-order chi connectivity index (χ0) is 18.7. The molecule has 2 aromatic carbocycles. The average molecular weight is 377 g/mol. The van der Waals surface area contributed by atoms with E-state index in [0.717, 1.165) is 4.90 Å². The highest BCUT2D eigenvalue weighted by atomic mass is 19.4. The molecule has 0 aliphatic carbocycles. The molecule has 0 bridgehead atoms. The number of alkyl halides is 6. The van der Waals surface area contributed by atoms with E-state index >= 15 is 0 Å². The Kier molecular flexibility index (Phi) is 6.83. The molecule has 0 N–H and O–H groups in total. The van der Waals surface area contributed by atoms with Gasteiger partial charge in [0, 0.05) is 13.1 Å². The molecule has 0 aliphatic heterocycles. The van der Waals surface area contributed by atoms with Gasteiger partial charge in [-0.05, 0) is 29.3 Å². The smallest absolute Gasteiger partial charge is 0.337 e. The van der Waals surface area contributed by atoms with Crippen molar-refractivity contribution in [2.24, 2.45) is 0 Å². The maximum absolute atomic E-state index is 12.9. The lowest BCUT2D eigenvalue weighted by molar-refractivity contribution is -0.143. The lowest BCUT2D eigenvalue weighted by Crippen LogP contribution is -2.22. The molecule has 8 heteroatoms. The first-order valence-corrected chi connectivity index (χ1v) is 7.11. The van der Waals surface area contributed by atoms with E-state index in [1.165, 1.54) is 0 Å². The zero-order valence-corrected chi connectivity index (χ0v) is 12.7. The highest BCUT2D eigenvalue weighted by Crippen LogP contribution is 2.36. The highest BCUT2D eigenvalue weighted by Gasteiger charge is 2.36. The third-order valence-electron chi connectivity index (χ3n) is 3.41. The van der Waals surface area contributed by atoms with Gasteiger partial charge in [0.15, 0.2) is 0 Å². The van der Waals surface area contributed by atoms with Crippen molar-refractivity contribution in [2.75, 3.05) is 0 Å². The molecule has 0 heterocycles. The van der Waals surface area contributed by atoms with Crippen molar-refractivity contribution in [2.45, 2.75) is 32.9 Å². The number of nitrogens with zero attached hydrogens (tertiary/aromatic N) is 1. The summed E-state index contributed by atoms with van der Waals surface area (Å²) in [5, 5.41) is 0. The third-order valence-corrected chi connectivity index (χ3v) is 3.41. The second kappa shape index (κ2) is 8.25. The van der Waals surface area contributed by atoms with Gasteiger partial charge in [0.05, 0.1) is 11.1 Å². The standard InChI is InChI=1S/C17H13F6NO.CH4/c18-16(19,20)14-6-13(7-15(8-14)17(21,22)23)10-24(11-25)9-12-4-2-1-3-5-12;/h1-8,11H,9-10H2;1H4. The van der Waals surface area contributed by atoms with Gasteiger partial charge >= 0.3 is 12.4 Å². The molecular formula is C18H17F6NO. The highest BCUT2D eigenvalue weighted by molar-refractivity contribution is 5.48. The largest absolute Gasteiger partial charge is 0.416 e. The average Bonchev–Trinajstić information content (AvgIpc) is 2.53. The molecule has 1 amide bonds. The van der Waals surface area contributed by atoms with Gasteiger partial charge in [0.2, 0.25) is 6.41 Å². The number of carbonyl (C=O) groups is 1. The number of halogens is 6. The molecule has 0 aromatic heterocycles. The number of amides is 1. The Morgan fingerprint density at radius 1 is 0.769 bits per heavy atom. The van der Waals surface area contributed by atoms with Gasteiger partial charge in [-0.15, -0.1) is 0 Å². The van der Waals surface area contributed by atoms with Gasteiger partial charge in [-0.25, -0.2) is 0 Å². The van der Waals surface area contributed by atoms with Crippen molar-refractivity contribution in [1.29, 1.82) is 0 Å². The summed E-state index contributed by atoms with van der Waals surface area (Å²) in [6, 6.07) is 9.87. The summed E-state index contributed by atoms with van der Waals surface area (Å²) < 4.78 is 77.1. The van der Waals surface area contributed by atoms with E-state index in [2.05, 4.69) is 0 Å². The fourth-order valence-electron chi connectivity index (χ4n) is 2.29. The Morgan fingerprint density at radius 2 is 1.23 bits per heavy atom. The Bertz CT molecular complexity index is 692. The molecule has 2 aromatic rings. The van der Waals surface area contributed by atoms with Crippen molar-refractivity contribution in [3.05, 3.63) is 70.8 Å². The molecule has 0 aliphatic rings. The normalized spacial score (nSPS) is 11.6. The van der Waals surface area contributed by atoms with E-state index in [-0.39, 0.29) is 32.1 Å². The van der Waals surface area contributed by atoms with Crippen LogP contribution in [0.4, 0.5) is 26.3 Å². The minimum absolute atomic E-state index is 0.